The Hall–Kier alpha value is -1.45. The largest absolute Gasteiger partial charge is 0.396 e. The van der Waals surface area contributed by atoms with Crippen LogP contribution < -0.4 is 16.4 Å². The highest BCUT2D eigenvalue weighted by Gasteiger charge is 2.30. The minimum absolute atomic E-state index is 0.437. The summed E-state index contributed by atoms with van der Waals surface area (Å²) >= 11 is 0. The molecule has 1 fully saturated rings. The average molecular weight is 220 g/mol. The van der Waals surface area contributed by atoms with Crippen molar-refractivity contribution in [3.05, 3.63) is 12.1 Å². The molecular formula is C12H20N4. The highest BCUT2D eigenvalue weighted by atomic mass is 15.2. The molecule has 16 heavy (non-hydrogen) atoms. The predicted octanol–water partition coefficient (Wildman–Crippen LogP) is 1.87. The number of nitrogens with two attached hydrogens (primary N) is 2. The number of hydrogen-bond donors (Lipinski definition) is 2. The molecule has 1 saturated carbocycles. The first-order valence-electron chi connectivity index (χ1n) is 5.86. The topological polar surface area (TPSA) is 68.2 Å². The van der Waals surface area contributed by atoms with Crippen molar-refractivity contribution in [1.29, 1.82) is 0 Å². The van der Waals surface area contributed by atoms with Gasteiger partial charge in [0.15, 0.2) is 0 Å². The van der Waals surface area contributed by atoms with Crippen LogP contribution in [0.25, 0.3) is 0 Å². The summed E-state index contributed by atoms with van der Waals surface area (Å²) < 4.78 is 0. The highest BCUT2D eigenvalue weighted by Crippen LogP contribution is 2.32. The van der Waals surface area contributed by atoms with Gasteiger partial charge in [0.2, 0.25) is 0 Å². The van der Waals surface area contributed by atoms with Gasteiger partial charge in [-0.05, 0) is 30.9 Å². The molecular weight excluding hydrogens is 200 g/mol. The summed E-state index contributed by atoms with van der Waals surface area (Å²) in [6.07, 6.45) is 2.53. The van der Waals surface area contributed by atoms with Gasteiger partial charge in [0.05, 0.1) is 5.69 Å². The number of nitrogen functional groups attached to an aromatic ring is 2. The highest BCUT2D eigenvalue weighted by molar-refractivity contribution is 5.62. The van der Waals surface area contributed by atoms with Gasteiger partial charge in [0.25, 0.3) is 0 Å². The summed E-state index contributed by atoms with van der Waals surface area (Å²) in [6.45, 7) is 5.47. The van der Waals surface area contributed by atoms with Gasteiger partial charge in [-0.25, -0.2) is 4.98 Å². The van der Waals surface area contributed by atoms with E-state index in [4.69, 9.17) is 11.5 Å². The zero-order valence-electron chi connectivity index (χ0n) is 9.98. The summed E-state index contributed by atoms with van der Waals surface area (Å²) in [5.41, 5.74) is 12.0. The van der Waals surface area contributed by atoms with E-state index in [1.54, 1.807) is 0 Å². The van der Waals surface area contributed by atoms with Crippen molar-refractivity contribution in [2.45, 2.75) is 32.7 Å². The number of pyridine rings is 1. The molecule has 0 aliphatic heterocycles. The van der Waals surface area contributed by atoms with Crippen LogP contribution >= 0.6 is 0 Å². The Bertz CT molecular complexity index is 371. The van der Waals surface area contributed by atoms with Crippen molar-refractivity contribution in [1.82, 2.24) is 4.98 Å². The Morgan fingerprint density at radius 3 is 2.56 bits per heavy atom. The van der Waals surface area contributed by atoms with Crippen molar-refractivity contribution < 1.29 is 0 Å². The van der Waals surface area contributed by atoms with Crippen molar-refractivity contribution in [3.8, 4) is 0 Å². The van der Waals surface area contributed by atoms with Crippen molar-refractivity contribution >= 4 is 17.3 Å². The second kappa shape index (κ2) is 4.20. The van der Waals surface area contributed by atoms with Crippen LogP contribution in [0, 0.1) is 5.92 Å². The Kier molecular flexibility index (Phi) is 2.90. The molecule has 1 aromatic rings. The Balaban J connectivity index is 2.20. The van der Waals surface area contributed by atoms with Crippen LogP contribution in [-0.2, 0) is 0 Å². The van der Waals surface area contributed by atoms with Gasteiger partial charge in [-0.1, -0.05) is 13.8 Å². The predicted molar refractivity (Wildman–Crippen MR) is 68.3 cm³/mol. The average Bonchev–Trinajstić information content (AvgIpc) is 3.02. The first-order valence-corrected chi connectivity index (χ1v) is 5.86. The molecule has 4 heteroatoms. The van der Waals surface area contributed by atoms with Crippen molar-refractivity contribution in [2.24, 2.45) is 5.92 Å². The summed E-state index contributed by atoms with van der Waals surface area (Å²) in [4.78, 5) is 6.71. The van der Waals surface area contributed by atoms with E-state index >= 15 is 0 Å². The standard InChI is InChI=1S/C12H20N4/c1-8(2)7-16(9-3-4-9)11-6-5-10(13)12(14)15-11/h5-6,8-9H,3-4,7,13H2,1-2H3,(H2,14,15). The van der Waals surface area contributed by atoms with E-state index in [0.29, 0.717) is 23.5 Å². The Labute approximate surface area is 96.6 Å². The minimum Gasteiger partial charge on any atom is -0.396 e. The van der Waals surface area contributed by atoms with Gasteiger partial charge in [-0.3, -0.25) is 0 Å². The van der Waals surface area contributed by atoms with E-state index in [0.717, 1.165) is 12.4 Å². The third kappa shape index (κ3) is 2.38. The van der Waals surface area contributed by atoms with Gasteiger partial charge in [-0.15, -0.1) is 0 Å². The quantitative estimate of drug-likeness (QED) is 0.812. The Morgan fingerprint density at radius 1 is 1.38 bits per heavy atom. The minimum atomic E-state index is 0.437. The third-order valence-corrected chi connectivity index (χ3v) is 2.79. The molecule has 2 rings (SSSR count). The van der Waals surface area contributed by atoms with E-state index in [9.17, 15) is 0 Å². The summed E-state index contributed by atoms with van der Waals surface area (Å²) in [5, 5.41) is 0. The number of aromatic nitrogens is 1. The molecule has 1 aliphatic carbocycles. The van der Waals surface area contributed by atoms with Crippen LogP contribution in [-0.4, -0.2) is 17.6 Å². The second-order valence-corrected chi connectivity index (χ2v) is 4.92. The van der Waals surface area contributed by atoms with E-state index in [1.807, 2.05) is 12.1 Å². The van der Waals surface area contributed by atoms with Crippen LogP contribution in [0.15, 0.2) is 12.1 Å². The number of rotatable bonds is 4. The molecule has 0 spiro atoms. The van der Waals surface area contributed by atoms with Crippen LogP contribution in [0.5, 0.6) is 0 Å². The molecule has 0 radical (unpaired) electrons. The van der Waals surface area contributed by atoms with Gasteiger partial charge < -0.3 is 16.4 Å². The fourth-order valence-corrected chi connectivity index (χ4v) is 1.84. The molecule has 4 N–H and O–H groups in total. The molecule has 1 aromatic heterocycles. The lowest BCUT2D eigenvalue weighted by Crippen LogP contribution is -2.30. The molecule has 4 nitrogen and oxygen atoms in total. The van der Waals surface area contributed by atoms with E-state index < -0.39 is 0 Å². The van der Waals surface area contributed by atoms with Gasteiger partial charge in [-0.2, -0.15) is 0 Å². The normalized spacial score (nSPS) is 15.4. The van der Waals surface area contributed by atoms with Crippen LogP contribution in [0.4, 0.5) is 17.3 Å². The molecule has 1 aliphatic rings. The SMILES string of the molecule is CC(C)CN(c1ccc(N)c(N)n1)C1CC1. The smallest absolute Gasteiger partial charge is 0.149 e. The van der Waals surface area contributed by atoms with E-state index in [2.05, 4.69) is 23.7 Å². The lowest BCUT2D eigenvalue weighted by Gasteiger charge is -2.25. The molecule has 0 aromatic carbocycles. The Morgan fingerprint density at radius 2 is 2.06 bits per heavy atom. The summed E-state index contributed by atoms with van der Waals surface area (Å²) in [7, 11) is 0. The maximum atomic E-state index is 5.75. The van der Waals surface area contributed by atoms with E-state index in [-0.39, 0.29) is 0 Å². The zero-order chi connectivity index (χ0) is 11.7. The summed E-state index contributed by atoms with van der Waals surface area (Å²) in [5.74, 6) is 2.02. The van der Waals surface area contributed by atoms with Gasteiger partial charge >= 0.3 is 0 Å². The maximum absolute atomic E-state index is 5.75. The molecule has 0 amide bonds. The number of anilines is 3. The summed E-state index contributed by atoms with van der Waals surface area (Å²) in [6, 6.07) is 4.46. The second-order valence-electron chi connectivity index (χ2n) is 4.92. The van der Waals surface area contributed by atoms with Crippen LogP contribution in [0.1, 0.15) is 26.7 Å². The molecule has 0 saturated heterocycles. The number of hydrogen-bond acceptors (Lipinski definition) is 4. The lowest BCUT2D eigenvalue weighted by atomic mass is 10.2. The van der Waals surface area contributed by atoms with E-state index in [1.165, 1.54) is 12.8 Å². The first-order chi connectivity index (χ1) is 7.58. The molecule has 0 bridgehead atoms. The lowest BCUT2D eigenvalue weighted by molar-refractivity contribution is 0.603. The monoisotopic (exact) mass is 220 g/mol. The molecule has 88 valence electrons. The van der Waals surface area contributed by atoms with Crippen LogP contribution in [0.3, 0.4) is 0 Å². The molecule has 0 atom stereocenters. The van der Waals surface area contributed by atoms with Crippen LogP contribution in [0.2, 0.25) is 0 Å². The van der Waals surface area contributed by atoms with Crippen molar-refractivity contribution in [3.63, 3.8) is 0 Å². The molecule has 0 unspecified atom stereocenters. The zero-order valence-corrected chi connectivity index (χ0v) is 9.98. The van der Waals surface area contributed by atoms with Gasteiger partial charge in [0, 0.05) is 12.6 Å². The van der Waals surface area contributed by atoms with Crippen molar-refractivity contribution in [2.75, 3.05) is 22.9 Å². The molecule has 1 heterocycles. The third-order valence-electron chi connectivity index (χ3n) is 2.79. The first kappa shape index (κ1) is 11.0. The van der Waals surface area contributed by atoms with Gasteiger partial charge in [0.1, 0.15) is 11.6 Å². The fourth-order valence-electron chi connectivity index (χ4n) is 1.84. The fraction of sp³-hybridized carbons (Fsp3) is 0.583. The number of nitrogens with zero attached hydrogens (tertiary/aromatic N) is 2. The maximum Gasteiger partial charge on any atom is 0.149 e.